The smallest absolute Gasteiger partial charge is 0.325 e. The first kappa shape index (κ1) is 9.31. The molecule has 0 aliphatic carbocycles. The summed E-state index contributed by atoms with van der Waals surface area (Å²) in [7, 11) is 0. The standard InChI is InChI=1S/C7H8N6O2/c1-4(7(14)15)9-5-2-8-3-6-10-11-12-13(5)6/h2-4,9H,1H3,(H,14,15). The van der Waals surface area contributed by atoms with Crippen molar-refractivity contribution in [2.45, 2.75) is 13.0 Å². The Bertz CT molecular complexity index is 495. The lowest BCUT2D eigenvalue weighted by Gasteiger charge is -2.09. The molecule has 78 valence electrons. The minimum Gasteiger partial charge on any atom is -0.480 e. The van der Waals surface area contributed by atoms with Gasteiger partial charge in [0.2, 0.25) is 0 Å². The van der Waals surface area contributed by atoms with Crippen LogP contribution in [0.4, 0.5) is 5.82 Å². The van der Waals surface area contributed by atoms with Gasteiger partial charge in [-0.15, -0.1) is 5.10 Å². The molecule has 0 saturated carbocycles. The van der Waals surface area contributed by atoms with Crippen molar-refractivity contribution >= 4 is 17.4 Å². The lowest BCUT2D eigenvalue weighted by atomic mass is 10.3. The van der Waals surface area contributed by atoms with Crippen molar-refractivity contribution in [3.8, 4) is 0 Å². The SMILES string of the molecule is CC(Nc1cncc2nnnn12)C(=O)O. The lowest BCUT2D eigenvalue weighted by molar-refractivity contribution is -0.137. The van der Waals surface area contributed by atoms with Gasteiger partial charge in [0.1, 0.15) is 6.04 Å². The van der Waals surface area contributed by atoms with Crippen LogP contribution >= 0.6 is 0 Å². The maximum absolute atomic E-state index is 10.6. The average Bonchev–Trinajstić information content (AvgIpc) is 2.66. The largest absolute Gasteiger partial charge is 0.480 e. The molecule has 2 rings (SSSR count). The number of tetrazole rings is 1. The van der Waals surface area contributed by atoms with Crippen LogP contribution < -0.4 is 5.32 Å². The summed E-state index contributed by atoms with van der Waals surface area (Å²) >= 11 is 0. The summed E-state index contributed by atoms with van der Waals surface area (Å²) < 4.78 is 1.38. The van der Waals surface area contributed by atoms with Gasteiger partial charge in [-0.3, -0.25) is 9.78 Å². The molecule has 0 bridgehead atoms. The van der Waals surface area contributed by atoms with Crippen LogP contribution in [0.5, 0.6) is 0 Å². The van der Waals surface area contributed by atoms with Gasteiger partial charge < -0.3 is 10.4 Å². The summed E-state index contributed by atoms with van der Waals surface area (Å²) in [5, 5.41) is 22.3. The van der Waals surface area contributed by atoms with E-state index in [-0.39, 0.29) is 0 Å². The highest BCUT2D eigenvalue weighted by Crippen LogP contribution is 2.07. The van der Waals surface area contributed by atoms with Crippen LogP contribution in [0.25, 0.3) is 5.65 Å². The highest BCUT2D eigenvalue weighted by molar-refractivity contribution is 5.76. The van der Waals surface area contributed by atoms with E-state index in [1.807, 2.05) is 0 Å². The number of nitrogens with one attached hydrogen (secondary N) is 1. The van der Waals surface area contributed by atoms with E-state index in [1.54, 1.807) is 0 Å². The third-order valence-corrected chi connectivity index (χ3v) is 1.84. The maximum Gasteiger partial charge on any atom is 0.325 e. The van der Waals surface area contributed by atoms with Crippen molar-refractivity contribution < 1.29 is 9.90 Å². The molecule has 8 heteroatoms. The quantitative estimate of drug-likeness (QED) is 0.694. The molecule has 0 saturated heterocycles. The van der Waals surface area contributed by atoms with Gasteiger partial charge in [0.05, 0.1) is 12.4 Å². The monoisotopic (exact) mass is 208 g/mol. The Morgan fingerprint density at radius 2 is 2.40 bits per heavy atom. The van der Waals surface area contributed by atoms with E-state index >= 15 is 0 Å². The molecule has 2 heterocycles. The van der Waals surface area contributed by atoms with Gasteiger partial charge >= 0.3 is 5.97 Å². The predicted molar refractivity (Wildman–Crippen MR) is 49.3 cm³/mol. The number of carboxylic acids is 1. The van der Waals surface area contributed by atoms with Crippen LogP contribution in [0.2, 0.25) is 0 Å². The minimum atomic E-state index is -0.958. The van der Waals surface area contributed by atoms with E-state index in [0.29, 0.717) is 11.5 Å². The Kier molecular flexibility index (Phi) is 2.16. The number of carboxylic acid groups (broad SMARTS) is 1. The molecule has 2 aromatic rings. The zero-order valence-corrected chi connectivity index (χ0v) is 7.82. The number of fused-ring (bicyclic) bond motifs is 1. The number of nitrogens with zero attached hydrogens (tertiary/aromatic N) is 5. The molecule has 1 atom stereocenters. The highest BCUT2D eigenvalue weighted by Gasteiger charge is 2.12. The van der Waals surface area contributed by atoms with Gasteiger partial charge in [-0.05, 0) is 17.4 Å². The molecule has 0 spiro atoms. The fraction of sp³-hybridized carbons (Fsp3) is 0.286. The number of hydrogen-bond donors (Lipinski definition) is 2. The third kappa shape index (κ3) is 1.68. The van der Waals surface area contributed by atoms with E-state index in [2.05, 4.69) is 25.8 Å². The van der Waals surface area contributed by atoms with Crippen LogP contribution in [-0.4, -0.2) is 42.1 Å². The van der Waals surface area contributed by atoms with Gasteiger partial charge in [-0.25, -0.2) is 0 Å². The average molecular weight is 208 g/mol. The number of hydrogen-bond acceptors (Lipinski definition) is 6. The topological polar surface area (TPSA) is 105 Å². The molecule has 0 amide bonds. The molecule has 0 radical (unpaired) electrons. The molecule has 1 unspecified atom stereocenters. The van der Waals surface area contributed by atoms with Crippen LogP contribution in [-0.2, 0) is 4.79 Å². The van der Waals surface area contributed by atoms with Gasteiger partial charge in [0.15, 0.2) is 11.5 Å². The van der Waals surface area contributed by atoms with Gasteiger partial charge in [-0.2, -0.15) is 4.52 Å². The van der Waals surface area contributed by atoms with Crippen LogP contribution in [0, 0.1) is 0 Å². The summed E-state index contributed by atoms with van der Waals surface area (Å²) in [6.07, 6.45) is 2.94. The van der Waals surface area contributed by atoms with Crippen molar-refractivity contribution in [1.29, 1.82) is 0 Å². The summed E-state index contributed by atoms with van der Waals surface area (Å²) in [6, 6.07) is -0.735. The van der Waals surface area contributed by atoms with Crippen molar-refractivity contribution in [2.24, 2.45) is 0 Å². The number of carbonyl (C=O) groups is 1. The first-order chi connectivity index (χ1) is 7.18. The molecule has 2 aromatic heterocycles. The Labute approximate surface area is 83.9 Å². The predicted octanol–water partition coefficient (Wildman–Crippen LogP) is -0.596. The first-order valence-electron chi connectivity index (χ1n) is 4.20. The van der Waals surface area contributed by atoms with Crippen LogP contribution in [0.1, 0.15) is 6.92 Å². The molecule has 2 N–H and O–H groups in total. The molecular weight excluding hydrogens is 200 g/mol. The number of aromatic nitrogens is 5. The van der Waals surface area contributed by atoms with E-state index in [9.17, 15) is 4.79 Å². The Morgan fingerprint density at radius 1 is 1.60 bits per heavy atom. The maximum atomic E-state index is 10.6. The molecular formula is C7H8N6O2. The van der Waals surface area contributed by atoms with Crippen molar-refractivity contribution in [3.63, 3.8) is 0 Å². The van der Waals surface area contributed by atoms with Crippen molar-refractivity contribution in [3.05, 3.63) is 12.4 Å². The molecule has 0 aliphatic heterocycles. The lowest BCUT2D eigenvalue weighted by Crippen LogP contribution is -2.26. The van der Waals surface area contributed by atoms with E-state index in [4.69, 9.17) is 5.11 Å². The number of aliphatic carboxylic acids is 1. The van der Waals surface area contributed by atoms with Crippen LogP contribution in [0.15, 0.2) is 12.4 Å². The van der Waals surface area contributed by atoms with Crippen molar-refractivity contribution in [1.82, 2.24) is 25.0 Å². The molecule has 8 nitrogen and oxygen atoms in total. The fourth-order valence-electron chi connectivity index (χ4n) is 1.06. The summed E-state index contributed by atoms with van der Waals surface area (Å²) in [5.74, 6) is -0.521. The second-order valence-corrected chi connectivity index (χ2v) is 2.95. The number of anilines is 1. The number of rotatable bonds is 3. The Morgan fingerprint density at radius 3 is 3.13 bits per heavy atom. The van der Waals surface area contributed by atoms with Gasteiger partial charge in [0.25, 0.3) is 0 Å². The fourth-order valence-corrected chi connectivity index (χ4v) is 1.06. The summed E-state index contributed by atoms with van der Waals surface area (Å²) in [5.41, 5.74) is 0.456. The zero-order valence-electron chi connectivity index (χ0n) is 7.82. The molecule has 0 fully saturated rings. The Hall–Kier alpha value is -2.25. The summed E-state index contributed by atoms with van der Waals surface area (Å²) in [6.45, 7) is 1.52. The van der Waals surface area contributed by atoms with Gasteiger partial charge in [0, 0.05) is 0 Å². The zero-order chi connectivity index (χ0) is 10.8. The minimum absolute atomic E-state index is 0.437. The van der Waals surface area contributed by atoms with E-state index < -0.39 is 12.0 Å². The summed E-state index contributed by atoms with van der Waals surface area (Å²) in [4.78, 5) is 14.5. The first-order valence-corrected chi connectivity index (χ1v) is 4.20. The third-order valence-electron chi connectivity index (χ3n) is 1.84. The second-order valence-electron chi connectivity index (χ2n) is 2.95. The molecule has 0 aromatic carbocycles. The Balaban J connectivity index is 2.35. The molecule has 15 heavy (non-hydrogen) atoms. The van der Waals surface area contributed by atoms with Crippen LogP contribution in [0.3, 0.4) is 0 Å². The van der Waals surface area contributed by atoms with Gasteiger partial charge in [-0.1, -0.05) is 0 Å². The molecule has 0 aliphatic rings. The van der Waals surface area contributed by atoms with Crippen molar-refractivity contribution in [2.75, 3.05) is 5.32 Å². The second kappa shape index (κ2) is 3.48. The normalized spacial score (nSPS) is 12.6. The highest BCUT2D eigenvalue weighted by atomic mass is 16.4. The van der Waals surface area contributed by atoms with E-state index in [0.717, 1.165) is 0 Å². The van der Waals surface area contributed by atoms with E-state index in [1.165, 1.54) is 23.8 Å².